The number of halogens is 2. The van der Waals surface area contributed by atoms with Crippen molar-refractivity contribution in [2.75, 3.05) is 52.4 Å². The number of aromatic nitrogens is 4. The fourth-order valence-electron chi connectivity index (χ4n) is 8.70. The molecule has 0 aliphatic carbocycles. The van der Waals surface area contributed by atoms with Gasteiger partial charge in [-0.05, 0) is 118 Å². The Balaban J connectivity index is 1.29. The van der Waals surface area contributed by atoms with Gasteiger partial charge in [0.25, 0.3) is 0 Å². The summed E-state index contributed by atoms with van der Waals surface area (Å²) in [5, 5.41) is 2.43. The molecule has 58 heavy (non-hydrogen) atoms. The van der Waals surface area contributed by atoms with Crippen LogP contribution in [-0.2, 0) is 4.74 Å². The number of hydrogen-bond acceptors (Lipinski definition) is 7. The largest absolute Gasteiger partial charge is 0.497 e. The fourth-order valence-corrected chi connectivity index (χ4v) is 8.70. The maximum absolute atomic E-state index is 16.2. The molecule has 7 aromatic rings. The van der Waals surface area contributed by atoms with E-state index in [1.165, 1.54) is 12.1 Å². The molecular weight excluding hydrogens is 733 g/mol. The number of rotatable bonds is 11. The number of methoxy groups -OCH3 is 1. The van der Waals surface area contributed by atoms with E-state index >= 15 is 4.39 Å². The highest BCUT2D eigenvalue weighted by atomic mass is 19.1. The Bertz CT molecular complexity index is 2470. The van der Waals surface area contributed by atoms with Crippen LogP contribution in [0.2, 0.25) is 0 Å². The van der Waals surface area contributed by atoms with E-state index in [-0.39, 0.29) is 17.7 Å². The van der Waals surface area contributed by atoms with Crippen LogP contribution in [-0.4, -0.2) is 89.0 Å². The van der Waals surface area contributed by atoms with Crippen LogP contribution in [0.1, 0.15) is 60.6 Å². The number of fused-ring (bicyclic) bond motifs is 2. The van der Waals surface area contributed by atoms with Crippen LogP contribution in [0.4, 0.5) is 8.78 Å². The number of benzene rings is 5. The molecular formula is C47H49F2N7O2. The second-order valence-corrected chi connectivity index (χ2v) is 15.8. The van der Waals surface area contributed by atoms with Crippen LogP contribution in [0.15, 0.2) is 115 Å². The van der Waals surface area contributed by atoms with Gasteiger partial charge in [-0.15, -0.1) is 0 Å². The standard InChI is InChI=1S/C47H49F2N7O2/c1-53-25-21-35(22-26-53)55(44(46-50-40-11-4-5-12-41(40)51-46)33-10-8-9-32(29-33)31-15-18-36(57-3)19-16-31)56-43-14-7-6-13-42(43)52-47(56)45(38-20-17-34(48)30-39(38)49)58-37-23-27-54(2)28-24-37/h4-20,29-30,35,37,44-45H,21-28H2,1-3H3,(H,50,51). The number of H-pyrrole nitrogens is 1. The van der Waals surface area contributed by atoms with Crippen LogP contribution >= 0.6 is 0 Å². The zero-order valence-corrected chi connectivity index (χ0v) is 33.2. The molecule has 2 atom stereocenters. The molecule has 298 valence electrons. The highest BCUT2D eigenvalue weighted by Crippen LogP contribution is 2.40. The van der Waals surface area contributed by atoms with Crippen molar-refractivity contribution >= 4 is 22.1 Å². The first kappa shape index (κ1) is 37.9. The van der Waals surface area contributed by atoms with Gasteiger partial charge in [-0.1, -0.05) is 60.7 Å². The fraction of sp³-hybridized carbons (Fsp3) is 0.319. The Kier molecular flexibility index (Phi) is 10.7. The number of aromatic amines is 1. The molecule has 1 N–H and O–H groups in total. The number of nitrogens with zero attached hydrogens (tertiary/aromatic N) is 6. The lowest BCUT2D eigenvalue weighted by Crippen LogP contribution is -2.52. The third-order valence-electron chi connectivity index (χ3n) is 11.9. The Morgan fingerprint density at radius 2 is 1.43 bits per heavy atom. The van der Waals surface area contributed by atoms with E-state index in [1.807, 2.05) is 48.5 Å². The Labute approximate surface area is 337 Å². The molecule has 0 bridgehead atoms. The predicted octanol–water partition coefficient (Wildman–Crippen LogP) is 8.89. The lowest BCUT2D eigenvalue weighted by molar-refractivity contribution is -0.0295. The zero-order chi connectivity index (χ0) is 39.8. The van der Waals surface area contributed by atoms with Gasteiger partial charge in [-0.25, -0.2) is 23.4 Å². The topological polar surface area (TPSA) is 74.7 Å². The number of nitrogens with one attached hydrogen (secondary N) is 1. The molecule has 2 saturated heterocycles. The molecule has 9 rings (SSSR count). The maximum Gasteiger partial charge on any atom is 0.162 e. The van der Waals surface area contributed by atoms with E-state index in [0.29, 0.717) is 5.82 Å². The molecule has 4 heterocycles. The molecule has 0 amide bonds. The summed E-state index contributed by atoms with van der Waals surface area (Å²) in [4.78, 5) is 19.0. The van der Waals surface area contributed by atoms with E-state index in [4.69, 9.17) is 19.4 Å². The SMILES string of the molecule is COc1ccc(-c2cccc(C(c3nc4ccccc4[nH]3)N(C3CCN(C)CC3)n3c(C(OC4CCN(C)CC4)c4ccc(F)cc4F)nc4ccccc43)c2)cc1. The Morgan fingerprint density at radius 3 is 2.16 bits per heavy atom. The van der Waals surface area contributed by atoms with Crippen molar-refractivity contribution in [2.45, 2.75) is 50.0 Å². The van der Waals surface area contributed by atoms with Crippen molar-refractivity contribution in [1.29, 1.82) is 0 Å². The number of likely N-dealkylation sites (tertiary alicyclic amines) is 2. The lowest BCUT2D eigenvalue weighted by atomic mass is 9.96. The van der Waals surface area contributed by atoms with Crippen molar-refractivity contribution < 1.29 is 18.3 Å². The molecule has 11 heteroatoms. The minimum Gasteiger partial charge on any atom is -0.497 e. The molecule has 2 unspecified atom stereocenters. The molecule has 2 aliphatic heterocycles. The summed E-state index contributed by atoms with van der Waals surface area (Å²) in [6.45, 7) is 3.51. The predicted molar refractivity (Wildman–Crippen MR) is 225 cm³/mol. The van der Waals surface area contributed by atoms with Crippen molar-refractivity contribution in [3.8, 4) is 16.9 Å². The summed E-state index contributed by atoms with van der Waals surface area (Å²) in [7, 11) is 5.94. The van der Waals surface area contributed by atoms with E-state index in [0.717, 1.165) is 108 Å². The first-order valence-electron chi connectivity index (χ1n) is 20.3. The van der Waals surface area contributed by atoms with E-state index in [2.05, 4.69) is 87.1 Å². The van der Waals surface area contributed by atoms with Gasteiger partial charge in [0, 0.05) is 30.8 Å². The Hall–Kier alpha value is -5.62. The summed E-state index contributed by atoms with van der Waals surface area (Å²) in [5.74, 6) is 0.807. The number of piperidine rings is 2. The molecule has 2 aromatic heterocycles. The molecule has 5 aromatic carbocycles. The average molecular weight is 782 g/mol. The molecule has 9 nitrogen and oxygen atoms in total. The smallest absolute Gasteiger partial charge is 0.162 e. The first-order chi connectivity index (χ1) is 28.3. The number of para-hydroxylation sites is 4. The first-order valence-corrected chi connectivity index (χ1v) is 20.3. The maximum atomic E-state index is 16.2. The van der Waals surface area contributed by atoms with Crippen molar-refractivity contribution in [2.24, 2.45) is 0 Å². The van der Waals surface area contributed by atoms with Gasteiger partial charge in [-0.2, -0.15) is 0 Å². The van der Waals surface area contributed by atoms with Crippen LogP contribution in [0.3, 0.4) is 0 Å². The normalized spacial score (nSPS) is 17.2. The van der Waals surface area contributed by atoms with Crippen LogP contribution in [0.25, 0.3) is 33.2 Å². The Morgan fingerprint density at radius 1 is 0.724 bits per heavy atom. The van der Waals surface area contributed by atoms with Gasteiger partial charge in [0.15, 0.2) is 5.82 Å². The molecule has 0 spiro atoms. The van der Waals surface area contributed by atoms with Crippen LogP contribution in [0.5, 0.6) is 5.75 Å². The van der Waals surface area contributed by atoms with Crippen molar-refractivity contribution in [1.82, 2.24) is 29.4 Å². The quantitative estimate of drug-likeness (QED) is 0.141. The second-order valence-electron chi connectivity index (χ2n) is 15.8. The summed E-state index contributed by atoms with van der Waals surface area (Å²) >= 11 is 0. The zero-order valence-electron chi connectivity index (χ0n) is 33.2. The number of imidazole rings is 2. The highest BCUT2D eigenvalue weighted by Gasteiger charge is 2.39. The van der Waals surface area contributed by atoms with E-state index in [9.17, 15) is 4.39 Å². The van der Waals surface area contributed by atoms with Gasteiger partial charge < -0.3 is 24.3 Å². The van der Waals surface area contributed by atoms with Gasteiger partial charge in [-0.3, -0.25) is 5.01 Å². The van der Waals surface area contributed by atoms with Gasteiger partial charge in [0.2, 0.25) is 0 Å². The highest BCUT2D eigenvalue weighted by molar-refractivity contribution is 5.78. The number of ether oxygens (including phenoxy) is 2. The third kappa shape index (κ3) is 7.57. The van der Waals surface area contributed by atoms with E-state index < -0.39 is 23.8 Å². The van der Waals surface area contributed by atoms with E-state index in [1.54, 1.807) is 7.11 Å². The number of hydrogen-bond donors (Lipinski definition) is 1. The molecule has 0 radical (unpaired) electrons. The lowest BCUT2D eigenvalue weighted by Gasteiger charge is -2.44. The molecule has 0 saturated carbocycles. The molecule has 2 fully saturated rings. The van der Waals surface area contributed by atoms with Gasteiger partial charge in [0.05, 0.1) is 35.3 Å². The van der Waals surface area contributed by atoms with Crippen molar-refractivity contribution in [3.05, 3.63) is 150 Å². The average Bonchev–Trinajstić information content (AvgIpc) is 3.85. The van der Waals surface area contributed by atoms with Crippen LogP contribution < -0.4 is 9.75 Å². The summed E-state index contributed by atoms with van der Waals surface area (Å²) in [6.07, 6.45) is 2.22. The summed E-state index contributed by atoms with van der Waals surface area (Å²) in [6, 6.07) is 36.3. The minimum absolute atomic E-state index is 0.0115. The monoisotopic (exact) mass is 781 g/mol. The second kappa shape index (κ2) is 16.3. The third-order valence-corrected chi connectivity index (χ3v) is 11.9. The van der Waals surface area contributed by atoms with Crippen LogP contribution in [0, 0.1) is 11.6 Å². The van der Waals surface area contributed by atoms with Gasteiger partial charge >= 0.3 is 0 Å². The van der Waals surface area contributed by atoms with Crippen molar-refractivity contribution in [3.63, 3.8) is 0 Å². The van der Waals surface area contributed by atoms with Gasteiger partial charge in [0.1, 0.15) is 35.4 Å². The summed E-state index contributed by atoms with van der Waals surface area (Å²) in [5.41, 5.74) is 6.81. The molecule has 2 aliphatic rings. The minimum atomic E-state index is -0.933. The summed E-state index contributed by atoms with van der Waals surface area (Å²) < 4.78 is 45.5.